The molecule has 1 aromatic heterocycles. The van der Waals surface area contributed by atoms with Gasteiger partial charge in [0.15, 0.2) is 0 Å². The number of hydrogen-bond donors (Lipinski definition) is 1. The van der Waals surface area contributed by atoms with Crippen LogP contribution < -0.4 is 0 Å². The molecule has 0 aromatic carbocycles. The highest BCUT2D eigenvalue weighted by atomic mass is 16.5. The number of aryl methyl sites for hydroxylation is 1. The van der Waals surface area contributed by atoms with Gasteiger partial charge in [-0.15, -0.1) is 0 Å². The molecule has 2 aliphatic heterocycles. The van der Waals surface area contributed by atoms with Gasteiger partial charge in [0, 0.05) is 38.5 Å². The summed E-state index contributed by atoms with van der Waals surface area (Å²) in [5.41, 5.74) is -0.502. The number of imidazole rings is 1. The predicted octanol–water partition coefficient (Wildman–Crippen LogP) is 0.806. The molecular formula is C15H23N3O3. The smallest absolute Gasteiger partial charge is 0.222 e. The summed E-state index contributed by atoms with van der Waals surface area (Å²) in [5, 5.41) is 10.2. The zero-order valence-electron chi connectivity index (χ0n) is 12.3. The molecule has 21 heavy (non-hydrogen) atoms. The molecule has 1 N–H and O–H groups in total. The van der Waals surface area contributed by atoms with E-state index in [0.29, 0.717) is 32.5 Å². The van der Waals surface area contributed by atoms with Crippen LogP contribution in [0.5, 0.6) is 0 Å². The Morgan fingerprint density at radius 1 is 1.52 bits per heavy atom. The molecule has 3 heterocycles. The van der Waals surface area contributed by atoms with Gasteiger partial charge < -0.3 is 19.3 Å². The van der Waals surface area contributed by atoms with Gasteiger partial charge in [-0.3, -0.25) is 4.79 Å². The van der Waals surface area contributed by atoms with E-state index in [1.165, 1.54) is 0 Å². The molecule has 2 fully saturated rings. The topological polar surface area (TPSA) is 67.6 Å². The molecule has 0 radical (unpaired) electrons. The molecule has 0 unspecified atom stereocenters. The molecule has 2 atom stereocenters. The Morgan fingerprint density at radius 2 is 2.43 bits per heavy atom. The Hall–Kier alpha value is -1.40. The molecule has 0 aliphatic carbocycles. The Balaban J connectivity index is 1.50. The Labute approximate surface area is 124 Å². The van der Waals surface area contributed by atoms with Crippen LogP contribution in [0.1, 0.15) is 32.1 Å². The predicted molar refractivity (Wildman–Crippen MR) is 76.6 cm³/mol. The molecule has 1 amide bonds. The van der Waals surface area contributed by atoms with Crippen molar-refractivity contribution in [2.75, 3.05) is 19.7 Å². The Kier molecular flexibility index (Phi) is 4.26. The summed E-state index contributed by atoms with van der Waals surface area (Å²) < 4.78 is 7.76. The third-order valence-corrected chi connectivity index (χ3v) is 4.59. The highest BCUT2D eigenvalue weighted by Crippen LogP contribution is 2.35. The van der Waals surface area contributed by atoms with Gasteiger partial charge >= 0.3 is 0 Å². The molecule has 2 aliphatic rings. The van der Waals surface area contributed by atoms with Crippen LogP contribution in [0.25, 0.3) is 0 Å². The number of amides is 1. The third-order valence-electron chi connectivity index (χ3n) is 4.59. The lowest BCUT2D eigenvalue weighted by molar-refractivity contribution is -0.155. The zero-order chi connectivity index (χ0) is 14.7. The fraction of sp³-hybridized carbons (Fsp3) is 0.733. The van der Waals surface area contributed by atoms with Crippen LogP contribution in [0.2, 0.25) is 0 Å². The first-order chi connectivity index (χ1) is 10.2. The van der Waals surface area contributed by atoms with Crippen LogP contribution in [0, 0.1) is 0 Å². The van der Waals surface area contributed by atoms with Crippen molar-refractivity contribution in [1.82, 2.24) is 14.5 Å². The van der Waals surface area contributed by atoms with Crippen LogP contribution in [0.4, 0.5) is 0 Å². The SMILES string of the molecule is O=C(CCCn1ccnc1)N1CC[C@H](O)[C@]2(CCCO2)C1. The first-order valence-corrected chi connectivity index (χ1v) is 7.75. The lowest BCUT2D eigenvalue weighted by Gasteiger charge is -2.43. The van der Waals surface area contributed by atoms with Crippen LogP contribution >= 0.6 is 0 Å². The van der Waals surface area contributed by atoms with Gasteiger partial charge in [-0.2, -0.15) is 0 Å². The quantitative estimate of drug-likeness (QED) is 0.892. The number of hydrogen-bond acceptors (Lipinski definition) is 4. The van der Waals surface area contributed by atoms with E-state index < -0.39 is 11.7 Å². The number of piperidine rings is 1. The monoisotopic (exact) mass is 293 g/mol. The maximum atomic E-state index is 12.3. The van der Waals surface area contributed by atoms with Gasteiger partial charge in [0.25, 0.3) is 0 Å². The third kappa shape index (κ3) is 3.11. The highest BCUT2D eigenvalue weighted by Gasteiger charge is 2.46. The standard InChI is InChI=1S/C15H23N3O3/c19-13-4-8-18(11-15(13)5-2-10-21-15)14(20)3-1-7-17-9-6-16-12-17/h6,9,12-13,19H,1-5,7-8,10-11H2/t13-,15-/m0/s1. The molecule has 6 heteroatoms. The number of rotatable bonds is 4. The van der Waals surface area contributed by atoms with Crippen molar-refractivity contribution in [3.05, 3.63) is 18.7 Å². The molecular weight excluding hydrogens is 270 g/mol. The number of aliphatic hydroxyl groups is 1. The van der Waals surface area contributed by atoms with E-state index in [2.05, 4.69) is 4.98 Å². The average Bonchev–Trinajstić information content (AvgIpc) is 3.14. The molecule has 1 aromatic rings. The molecule has 0 saturated carbocycles. The van der Waals surface area contributed by atoms with Crippen molar-refractivity contribution in [3.63, 3.8) is 0 Å². The second kappa shape index (κ2) is 6.15. The number of carbonyl (C=O) groups excluding carboxylic acids is 1. The van der Waals surface area contributed by atoms with Crippen LogP contribution in [-0.2, 0) is 16.1 Å². The number of ether oxygens (including phenoxy) is 1. The molecule has 1 spiro atoms. The second-order valence-electron chi connectivity index (χ2n) is 6.04. The van der Waals surface area contributed by atoms with Crippen molar-refractivity contribution in [2.24, 2.45) is 0 Å². The van der Waals surface area contributed by atoms with Gasteiger partial charge in [0.1, 0.15) is 5.60 Å². The van der Waals surface area contributed by atoms with E-state index in [1.54, 1.807) is 12.5 Å². The number of carbonyl (C=O) groups is 1. The van der Waals surface area contributed by atoms with Crippen molar-refractivity contribution in [1.29, 1.82) is 0 Å². The molecule has 6 nitrogen and oxygen atoms in total. The van der Waals surface area contributed by atoms with E-state index in [9.17, 15) is 9.90 Å². The minimum atomic E-state index is -0.502. The zero-order valence-corrected chi connectivity index (χ0v) is 12.3. The number of likely N-dealkylation sites (tertiary alicyclic amines) is 1. The van der Waals surface area contributed by atoms with Crippen molar-refractivity contribution < 1.29 is 14.6 Å². The lowest BCUT2D eigenvalue weighted by Crippen LogP contribution is -2.57. The van der Waals surface area contributed by atoms with Crippen molar-refractivity contribution in [3.8, 4) is 0 Å². The van der Waals surface area contributed by atoms with Gasteiger partial charge in [-0.25, -0.2) is 4.98 Å². The number of aliphatic hydroxyl groups excluding tert-OH is 1. The normalized spacial score (nSPS) is 29.2. The summed E-state index contributed by atoms with van der Waals surface area (Å²) >= 11 is 0. The van der Waals surface area contributed by atoms with Crippen LogP contribution in [-0.4, -0.2) is 56.9 Å². The van der Waals surface area contributed by atoms with E-state index >= 15 is 0 Å². The summed E-state index contributed by atoms with van der Waals surface area (Å²) in [7, 11) is 0. The number of aromatic nitrogens is 2. The average molecular weight is 293 g/mol. The number of nitrogens with zero attached hydrogens (tertiary/aromatic N) is 3. The maximum absolute atomic E-state index is 12.3. The summed E-state index contributed by atoms with van der Waals surface area (Å²) in [6.45, 7) is 2.68. The summed E-state index contributed by atoms with van der Waals surface area (Å²) in [5.74, 6) is 0.164. The molecule has 2 saturated heterocycles. The minimum Gasteiger partial charge on any atom is -0.390 e. The van der Waals surface area contributed by atoms with Gasteiger partial charge in [-0.1, -0.05) is 0 Å². The fourth-order valence-electron chi connectivity index (χ4n) is 3.36. The largest absolute Gasteiger partial charge is 0.390 e. The van der Waals surface area contributed by atoms with Gasteiger partial charge in [0.05, 0.1) is 19.0 Å². The highest BCUT2D eigenvalue weighted by molar-refractivity contribution is 5.76. The fourth-order valence-corrected chi connectivity index (χ4v) is 3.36. The van der Waals surface area contributed by atoms with Gasteiger partial charge in [0.2, 0.25) is 5.91 Å². The van der Waals surface area contributed by atoms with Crippen molar-refractivity contribution in [2.45, 2.75) is 50.4 Å². The molecule has 116 valence electrons. The summed E-state index contributed by atoms with van der Waals surface area (Å²) in [6.07, 6.45) is 8.77. The van der Waals surface area contributed by atoms with Crippen LogP contribution in [0.3, 0.4) is 0 Å². The van der Waals surface area contributed by atoms with E-state index in [-0.39, 0.29) is 5.91 Å². The van der Waals surface area contributed by atoms with E-state index in [4.69, 9.17) is 4.74 Å². The van der Waals surface area contributed by atoms with E-state index in [1.807, 2.05) is 15.7 Å². The summed E-state index contributed by atoms with van der Waals surface area (Å²) in [4.78, 5) is 18.2. The minimum absolute atomic E-state index is 0.164. The van der Waals surface area contributed by atoms with Crippen LogP contribution in [0.15, 0.2) is 18.7 Å². The lowest BCUT2D eigenvalue weighted by atomic mass is 9.87. The maximum Gasteiger partial charge on any atom is 0.222 e. The first-order valence-electron chi connectivity index (χ1n) is 7.75. The Morgan fingerprint density at radius 3 is 3.14 bits per heavy atom. The first kappa shape index (κ1) is 14.5. The summed E-state index contributed by atoms with van der Waals surface area (Å²) in [6, 6.07) is 0. The molecule has 0 bridgehead atoms. The van der Waals surface area contributed by atoms with Crippen molar-refractivity contribution >= 4 is 5.91 Å². The second-order valence-corrected chi connectivity index (χ2v) is 6.04. The van der Waals surface area contributed by atoms with Gasteiger partial charge in [-0.05, 0) is 25.7 Å². The molecule has 3 rings (SSSR count). The Bertz CT molecular complexity index is 469. The van der Waals surface area contributed by atoms with E-state index in [0.717, 1.165) is 25.8 Å².